The zero-order valence-corrected chi connectivity index (χ0v) is 15.4. The van der Waals surface area contributed by atoms with Crippen molar-refractivity contribution in [1.82, 2.24) is 5.32 Å². The molecular formula is C22H26FNO2. The quantitative estimate of drug-likeness (QED) is 0.714. The van der Waals surface area contributed by atoms with Crippen molar-refractivity contribution in [2.45, 2.75) is 52.2 Å². The number of hydrogen-bond donors (Lipinski definition) is 1. The van der Waals surface area contributed by atoms with Gasteiger partial charge in [0, 0.05) is 18.4 Å². The molecular weight excluding hydrogens is 329 g/mol. The monoisotopic (exact) mass is 355 g/mol. The van der Waals surface area contributed by atoms with Crippen molar-refractivity contribution >= 4 is 6.09 Å². The Morgan fingerprint density at radius 1 is 1.19 bits per heavy atom. The highest BCUT2D eigenvalue weighted by atomic mass is 19.1. The Bertz CT molecular complexity index is 749. The second-order valence-electron chi connectivity index (χ2n) is 7.23. The number of carbonyl (C=O) groups is 1. The van der Waals surface area contributed by atoms with Crippen LogP contribution in [0.5, 0.6) is 0 Å². The largest absolute Gasteiger partial charge is 0.445 e. The molecule has 26 heavy (non-hydrogen) atoms. The molecule has 0 radical (unpaired) electrons. The molecule has 1 N–H and O–H groups in total. The van der Waals surface area contributed by atoms with Gasteiger partial charge in [-0.15, -0.1) is 0 Å². The number of halogens is 1. The molecule has 0 saturated heterocycles. The van der Waals surface area contributed by atoms with Gasteiger partial charge >= 0.3 is 6.09 Å². The van der Waals surface area contributed by atoms with Gasteiger partial charge in [-0.1, -0.05) is 53.1 Å². The summed E-state index contributed by atoms with van der Waals surface area (Å²) in [5.41, 5.74) is 4.75. The minimum atomic E-state index is -0.389. The van der Waals surface area contributed by atoms with Crippen LogP contribution in [-0.4, -0.2) is 12.1 Å². The summed E-state index contributed by atoms with van der Waals surface area (Å²) in [5.74, 6) is 0.0446. The Morgan fingerprint density at radius 2 is 1.96 bits per heavy atom. The molecule has 1 aromatic carbocycles. The standard InChI is InChI=1S/C22H26FNO2/c1-15-8-10-18(23)12-20(15)21-13-19(11-9-16(21)2)24-22(25)26-14-17-6-4-3-5-7-17/h3-8,10,19-20H,9,11-14H2,1-2H3,(H,24,25). The molecule has 2 atom stereocenters. The van der Waals surface area contributed by atoms with Crippen LogP contribution in [-0.2, 0) is 11.3 Å². The van der Waals surface area contributed by atoms with Gasteiger partial charge in [0.05, 0.1) is 0 Å². The van der Waals surface area contributed by atoms with E-state index >= 15 is 0 Å². The lowest BCUT2D eigenvalue weighted by atomic mass is 9.76. The number of carbonyl (C=O) groups excluding carboxylic acids is 1. The van der Waals surface area contributed by atoms with Crippen molar-refractivity contribution in [3.63, 3.8) is 0 Å². The van der Waals surface area contributed by atoms with Crippen molar-refractivity contribution < 1.29 is 13.9 Å². The summed E-state index contributed by atoms with van der Waals surface area (Å²) >= 11 is 0. The molecule has 138 valence electrons. The van der Waals surface area contributed by atoms with E-state index in [-0.39, 0.29) is 30.5 Å². The highest BCUT2D eigenvalue weighted by molar-refractivity contribution is 5.67. The second kappa shape index (κ2) is 8.35. The zero-order valence-electron chi connectivity index (χ0n) is 15.4. The van der Waals surface area contributed by atoms with Gasteiger partial charge in [0.2, 0.25) is 0 Å². The molecule has 1 amide bonds. The van der Waals surface area contributed by atoms with Crippen LogP contribution in [0.25, 0.3) is 0 Å². The minimum Gasteiger partial charge on any atom is -0.445 e. The molecule has 2 aliphatic rings. The van der Waals surface area contributed by atoms with Crippen LogP contribution >= 0.6 is 0 Å². The Morgan fingerprint density at radius 3 is 2.73 bits per heavy atom. The van der Waals surface area contributed by atoms with E-state index in [9.17, 15) is 9.18 Å². The average molecular weight is 355 g/mol. The average Bonchev–Trinajstić information content (AvgIpc) is 2.64. The summed E-state index contributed by atoms with van der Waals surface area (Å²) in [5, 5.41) is 2.98. The van der Waals surface area contributed by atoms with Crippen molar-refractivity contribution in [3.8, 4) is 0 Å². The molecule has 0 saturated carbocycles. The molecule has 0 aromatic heterocycles. The topological polar surface area (TPSA) is 38.3 Å². The van der Waals surface area contributed by atoms with Gasteiger partial charge in [-0.3, -0.25) is 0 Å². The van der Waals surface area contributed by atoms with Gasteiger partial charge in [0.1, 0.15) is 12.4 Å². The Hall–Kier alpha value is -2.36. The van der Waals surface area contributed by atoms with Crippen molar-refractivity contribution in [2.24, 2.45) is 5.92 Å². The molecule has 0 fully saturated rings. The van der Waals surface area contributed by atoms with Gasteiger partial charge in [0.25, 0.3) is 0 Å². The van der Waals surface area contributed by atoms with E-state index in [0.717, 1.165) is 24.8 Å². The summed E-state index contributed by atoms with van der Waals surface area (Å²) in [6.07, 6.45) is 6.04. The lowest BCUT2D eigenvalue weighted by Crippen LogP contribution is -2.38. The van der Waals surface area contributed by atoms with Gasteiger partial charge in [-0.05, 0) is 44.7 Å². The first kappa shape index (κ1) is 18.4. The summed E-state index contributed by atoms with van der Waals surface area (Å²) in [6.45, 7) is 4.45. The summed E-state index contributed by atoms with van der Waals surface area (Å²) in [4.78, 5) is 12.1. The van der Waals surface area contributed by atoms with Crippen molar-refractivity contribution in [3.05, 3.63) is 70.6 Å². The molecule has 0 aliphatic heterocycles. The SMILES string of the molecule is CC1=CC=C(F)CC1C1=C(C)CCC(NC(=O)OCc2ccccc2)C1. The molecule has 1 aromatic rings. The second-order valence-corrected chi connectivity index (χ2v) is 7.23. The maximum atomic E-state index is 13.8. The number of benzene rings is 1. The first-order valence-electron chi connectivity index (χ1n) is 9.21. The van der Waals surface area contributed by atoms with Crippen LogP contribution < -0.4 is 5.32 Å². The first-order valence-corrected chi connectivity index (χ1v) is 9.21. The lowest BCUT2D eigenvalue weighted by molar-refractivity contribution is 0.134. The van der Waals surface area contributed by atoms with E-state index in [0.29, 0.717) is 6.42 Å². The number of amides is 1. The van der Waals surface area contributed by atoms with Crippen LogP contribution in [0.4, 0.5) is 9.18 Å². The lowest BCUT2D eigenvalue weighted by Gasteiger charge is -2.32. The molecule has 2 unspecified atom stereocenters. The van der Waals surface area contributed by atoms with Crippen LogP contribution in [0.1, 0.15) is 45.1 Å². The maximum Gasteiger partial charge on any atom is 0.407 e. The van der Waals surface area contributed by atoms with E-state index < -0.39 is 0 Å². The van der Waals surface area contributed by atoms with Crippen LogP contribution in [0.2, 0.25) is 0 Å². The van der Waals surface area contributed by atoms with Gasteiger partial charge in [-0.2, -0.15) is 0 Å². The predicted molar refractivity (Wildman–Crippen MR) is 101 cm³/mol. The van der Waals surface area contributed by atoms with E-state index in [1.54, 1.807) is 6.08 Å². The number of nitrogens with one attached hydrogen (secondary N) is 1. The van der Waals surface area contributed by atoms with Crippen LogP contribution in [0.3, 0.4) is 0 Å². The fourth-order valence-corrected chi connectivity index (χ4v) is 3.75. The molecule has 4 heteroatoms. The fraction of sp³-hybridized carbons (Fsp3) is 0.409. The third-order valence-electron chi connectivity index (χ3n) is 5.31. The minimum absolute atomic E-state index is 0.0405. The Kier molecular flexibility index (Phi) is 5.92. The maximum absolute atomic E-state index is 13.8. The summed E-state index contributed by atoms with van der Waals surface area (Å²) < 4.78 is 19.1. The molecule has 0 heterocycles. The third-order valence-corrected chi connectivity index (χ3v) is 5.31. The van der Waals surface area contributed by atoms with Crippen LogP contribution in [0, 0.1) is 5.92 Å². The van der Waals surface area contributed by atoms with Gasteiger partial charge in [0.15, 0.2) is 0 Å². The normalized spacial score (nSPS) is 23.2. The Labute approximate surface area is 154 Å². The van der Waals surface area contributed by atoms with Gasteiger partial charge in [-0.25, -0.2) is 9.18 Å². The zero-order chi connectivity index (χ0) is 18.5. The summed E-state index contributed by atoms with van der Waals surface area (Å²) in [7, 11) is 0. The molecule has 3 rings (SSSR count). The smallest absolute Gasteiger partial charge is 0.407 e. The number of ether oxygens (including phenoxy) is 1. The van der Waals surface area contributed by atoms with E-state index in [1.165, 1.54) is 16.7 Å². The highest BCUT2D eigenvalue weighted by Gasteiger charge is 2.28. The number of allylic oxidation sites excluding steroid dienone is 5. The molecule has 2 aliphatic carbocycles. The van der Waals surface area contributed by atoms with E-state index in [1.807, 2.05) is 36.4 Å². The Balaban J connectivity index is 1.57. The first-order chi connectivity index (χ1) is 12.5. The number of alkyl carbamates (subject to hydrolysis) is 1. The highest BCUT2D eigenvalue weighted by Crippen LogP contribution is 2.39. The summed E-state index contributed by atoms with van der Waals surface area (Å²) in [6, 6.07) is 9.67. The predicted octanol–water partition coefficient (Wildman–Crippen LogP) is 5.60. The molecule has 3 nitrogen and oxygen atoms in total. The fourth-order valence-electron chi connectivity index (χ4n) is 3.75. The number of hydrogen-bond acceptors (Lipinski definition) is 2. The van der Waals surface area contributed by atoms with Gasteiger partial charge < -0.3 is 10.1 Å². The van der Waals surface area contributed by atoms with Crippen LogP contribution in [0.15, 0.2) is 65.0 Å². The molecule has 0 bridgehead atoms. The number of rotatable bonds is 4. The third kappa shape index (κ3) is 4.63. The van der Waals surface area contributed by atoms with Crippen molar-refractivity contribution in [1.29, 1.82) is 0 Å². The van der Waals surface area contributed by atoms with E-state index in [2.05, 4.69) is 19.2 Å². The molecule has 0 spiro atoms. The van der Waals surface area contributed by atoms with Crippen molar-refractivity contribution in [2.75, 3.05) is 0 Å². The van der Waals surface area contributed by atoms with E-state index in [4.69, 9.17) is 4.74 Å².